The topological polar surface area (TPSA) is 216 Å². The Morgan fingerprint density at radius 2 is 1.11 bits per heavy atom. The third-order valence-corrected chi connectivity index (χ3v) is 13.2. The van der Waals surface area contributed by atoms with Crippen molar-refractivity contribution in [3.05, 3.63) is 124 Å². The number of anilines is 3. The summed E-state index contributed by atoms with van der Waals surface area (Å²) in [7, 11) is 4.28. The quantitative estimate of drug-likeness (QED) is 0.0594. The van der Waals surface area contributed by atoms with Crippen LogP contribution in [0.2, 0.25) is 0 Å². The highest BCUT2D eigenvalue weighted by Crippen LogP contribution is 2.43. The van der Waals surface area contributed by atoms with Crippen molar-refractivity contribution in [2.24, 2.45) is 9.98 Å². The van der Waals surface area contributed by atoms with Crippen LogP contribution in [0.25, 0.3) is 0 Å². The minimum Gasteiger partial charge on any atom is -0.493 e. The van der Waals surface area contributed by atoms with Gasteiger partial charge in [0.05, 0.1) is 55.9 Å². The summed E-state index contributed by atoms with van der Waals surface area (Å²) in [5, 5.41) is 8.19. The summed E-state index contributed by atoms with van der Waals surface area (Å²) in [4.78, 5) is 91.9. The van der Waals surface area contributed by atoms with Gasteiger partial charge < -0.3 is 39.6 Å². The summed E-state index contributed by atoms with van der Waals surface area (Å²) in [5.74, 6) is -0.971. The van der Waals surface area contributed by atoms with Crippen molar-refractivity contribution in [1.29, 1.82) is 0 Å². The molecule has 4 aliphatic rings. The molecule has 18 nitrogen and oxygen atoms in total. The van der Waals surface area contributed by atoms with E-state index >= 15 is 0 Å². The van der Waals surface area contributed by atoms with E-state index in [2.05, 4.69) is 20.7 Å². The van der Waals surface area contributed by atoms with Crippen molar-refractivity contribution in [2.75, 3.05) is 36.4 Å². The van der Waals surface area contributed by atoms with E-state index in [-0.39, 0.29) is 61.8 Å². The molecule has 0 bridgehead atoms. The molecule has 5 aromatic carbocycles. The molecule has 73 heavy (non-hydrogen) atoms. The summed E-state index contributed by atoms with van der Waals surface area (Å²) in [5.41, 5.74) is 6.97. The van der Waals surface area contributed by atoms with Gasteiger partial charge in [-0.15, -0.1) is 0 Å². The smallest absolute Gasteiger partial charge is 0.305 e. The SMILES string of the molecule is COC(=O)CCCCC(=O)N[C@@H](C)C(=O)N[C@@H](C)C(=O)Nc1cc(COc2cc3c(cc2OC)C(=O)N2c4ccccc4C[C@H]2C=N3)cc(COc2cc3c(cc2OC)C(=O)N2c4ccccc4C[C@H]2C=N3)c1. The molecule has 9 rings (SSSR count). The van der Waals surface area contributed by atoms with Crippen molar-refractivity contribution in [1.82, 2.24) is 10.6 Å². The summed E-state index contributed by atoms with van der Waals surface area (Å²) >= 11 is 0. The van der Waals surface area contributed by atoms with Gasteiger partial charge in [-0.25, -0.2) is 0 Å². The fourth-order valence-corrected chi connectivity index (χ4v) is 9.39. The number of carbonyl (C=O) groups is 6. The Morgan fingerprint density at radius 1 is 0.616 bits per heavy atom. The summed E-state index contributed by atoms with van der Waals surface area (Å²) in [6, 6.07) is 25.0. The number of nitrogens with one attached hydrogen (secondary N) is 3. The van der Waals surface area contributed by atoms with E-state index in [1.54, 1.807) is 58.6 Å². The van der Waals surface area contributed by atoms with Crippen LogP contribution in [0.15, 0.2) is 101 Å². The van der Waals surface area contributed by atoms with Crippen LogP contribution in [0.5, 0.6) is 23.0 Å². The number of hydrogen-bond acceptors (Lipinski definition) is 13. The highest BCUT2D eigenvalue weighted by atomic mass is 16.5. The number of esters is 1. The van der Waals surface area contributed by atoms with Gasteiger partial charge in [0.25, 0.3) is 11.8 Å². The van der Waals surface area contributed by atoms with Crippen LogP contribution in [0.4, 0.5) is 28.4 Å². The highest BCUT2D eigenvalue weighted by molar-refractivity contribution is 6.16. The Morgan fingerprint density at radius 3 is 1.62 bits per heavy atom. The number of carbonyl (C=O) groups excluding carboxylic acids is 6. The predicted molar refractivity (Wildman–Crippen MR) is 273 cm³/mol. The normalized spacial score (nSPS) is 16.5. The molecule has 4 atom stereocenters. The number of rotatable bonds is 18. The Kier molecular flexibility index (Phi) is 14.5. The number of nitrogens with zero attached hydrogens (tertiary/aromatic N) is 4. The van der Waals surface area contributed by atoms with Gasteiger partial charge in [-0.2, -0.15) is 0 Å². The lowest BCUT2D eigenvalue weighted by atomic mass is 10.1. The van der Waals surface area contributed by atoms with Crippen molar-refractivity contribution in [2.45, 2.75) is 89.8 Å². The number of ether oxygens (including phenoxy) is 5. The lowest BCUT2D eigenvalue weighted by molar-refractivity contribution is -0.140. The number of para-hydroxylation sites is 2. The molecule has 4 heterocycles. The number of benzene rings is 5. The maximum absolute atomic E-state index is 14.1. The van der Waals surface area contributed by atoms with Crippen molar-refractivity contribution in [3.63, 3.8) is 0 Å². The maximum Gasteiger partial charge on any atom is 0.305 e. The van der Waals surface area contributed by atoms with E-state index in [1.807, 2.05) is 54.6 Å². The molecule has 0 saturated carbocycles. The fraction of sp³-hybridized carbons (Fsp3) is 0.309. The lowest BCUT2D eigenvalue weighted by Crippen LogP contribution is -2.50. The Hall–Kier alpha value is -8.54. The predicted octanol–water partition coefficient (Wildman–Crippen LogP) is 7.12. The van der Waals surface area contributed by atoms with E-state index in [0.717, 1.165) is 22.5 Å². The lowest BCUT2D eigenvalue weighted by Gasteiger charge is -2.22. The Bertz CT molecular complexity index is 2920. The molecular formula is C55H55N7O11. The van der Waals surface area contributed by atoms with Gasteiger partial charge in [0.2, 0.25) is 17.7 Å². The minimum absolute atomic E-state index is 0.0301. The third-order valence-electron chi connectivity index (χ3n) is 13.2. The zero-order valence-electron chi connectivity index (χ0n) is 41.1. The van der Waals surface area contributed by atoms with E-state index in [9.17, 15) is 28.8 Å². The van der Waals surface area contributed by atoms with Crippen LogP contribution < -0.4 is 44.7 Å². The van der Waals surface area contributed by atoms with Gasteiger partial charge in [0, 0.05) is 67.3 Å². The first-order valence-electron chi connectivity index (χ1n) is 24.0. The molecule has 0 unspecified atom stereocenters. The van der Waals surface area contributed by atoms with Gasteiger partial charge in [-0.3, -0.25) is 48.6 Å². The van der Waals surface area contributed by atoms with Gasteiger partial charge in [0.1, 0.15) is 25.3 Å². The Labute approximate surface area is 421 Å². The first-order chi connectivity index (χ1) is 35.3. The minimum atomic E-state index is -1.03. The van der Waals surface area contributed by atoms with E-state index in [1.165, 1.54) is 35.2 Å². The van der Waals surface area contributed by atoms with Crippen molar-refractivity contribution >= 4 is 76.4 Å². The number of fused-ring (bicyclic) bond motifs is 8. The molecule has 0 spiro atoms. The average Bonchev–Trinajstić information content (AvgIpc) is 3.89. The van der Waals surface area contributed by atoms with E-state index in [0.29, 0.717) is 88.0 Å². The van der Waals surface area contributed by atoms with Crippen LogP contribution >= 0.6 is 0 Å². The first-order valence-corrected chi connectivity index (χ1v) is 24.0. The van der Waals surface area contributed by atoms with Gasteiger partial charge in [-0.05, 0) is 91.4 Å². The first kappa shape index (κ1) is 49.4. The summed E-state index contributed by atoms with van der Waals surface area (Å²) in [6.45, 7) is 2.97. The third kappa shape index (κ3) is 10.6. The maximum atomic E-state index is 14.1. The van der Waals surface area contributed by atoms with Crippen LogP contribution in [-0.2, 0) is 50.0 Å². The number of hydrogen-bond donors (Lipinski definition) is 3. The zero-order valence-corrected chi connectivity index (χ0v) is 41.1. The largest absolute Gasteiger partial charge is 0.493 e. The van der Waals surface area contributed by atoms with Crippen molar-refractivity contribution in [3.8, 4) is 23.0 Å². The molecule has 5 amide bonds. The van der Waals surface area contributed by atoms with E-state index in [4.69, 9.17) is 28.9 Å². The molecule has 5 aromatic rings. The van der Waals surface area contributed by atoms with Gasteiger partial charge in [0.15, 0.2) is 23.0 Å². The fourth-order valence-electron chi connectivity index (χ4n) is 9.39. The molecule has 0 aliphatic carbocycles. The number of unbranched alkanes of at least 4 members (excludes halogenated alkanes) is 1. The Balaban J connectivity index is 0.934. The second-order valence-corrected chi connectivity index (χ2v) is 18.2. The zero-order chi connectivity index (χ0) is 51.3. The van der Waals surface area contributed by atoms with Gasteiger partial charge in [-0.1, -0.05) is 36.4 Å². The summed E-state index contributed by atoms with van der Waals surface area (Å²) < 4.78 is 28.9. The second kappa shape index (κ2) is 21.4. The van der Waals surface area contributed by atoms with E-state index < -0.39 is 23.9 Å². The molecule has 0 saturated heterocycles. The molecule has 0 fully saturated rings. The monoisotopic (exact) mass is 989 g/mol. The number of amides is 5. The second-order valence-electron chi connectivity index (χ2n) is 18.2. The summed E-state index contributed by atoms with van der Waals surface area (Å²) in [6.07, 6.45) is 6.04. The van der Waals surface area contributed by atoms with Crippen LogP contribution in [0.3, 0.4) is 0 Å². The molecular weight excluding hydrogens is 935 g/mol. The molecule has 376 valence electrons. The average molecular weight is 990 g/mol. The number of methoxy groups -OCH3 is 3. The molecule has 0 aromatic heterocycles. The molecule has 4 aliphatic heterocycles. The standard InChI is InChI=1S/C55H55N7O11/c1-31(58-50(63)16-10-11-17-51(64)71-5)52(65)59-32(2)53(66)60-37-19-33(29-72-48-25-42-40(23-46(48)69-3)54(67)61-38(27-56-42)21-35-12-6-8-14-44(35)61)18-34(20-37)30-73-49-26-43-41(24-47(49)70-4)55(68)62-39(28-57-43)22-36-13-7-9-15-45(36)62/h6-9,12-15,18-20,23-28,31-32,38-39H,10-11,16-17,21-22,29-30H2,1-5H3,(H,58,63)(H,59,65)(H,60,66)/t31-,32-,38-,39-/m0/s1. The number of aliphatic imine (C=N–C) groups is 2. The molecule has 18 heteroatoms. The van der Waals surface area contributed by atoms with Crippen molar-refractivity contribution < 1.29 is 52.5 Å². The van der Waals surface area contributed by atoms with Crippen LogP contribution in [-0.4, -0.2) is 93.4 Å². The highest BCUT2D eigenvalue weighted by Gasteiger charge is 2.38. The van der Waals surface area contributed by atoms with Crippen LogP contribution in [0.1, 0.15) is 82.5 Å². The molecule has 0 radical (unpaired) electrons. The van der Waals surface area contributed by atoms with Gasteiger partial charge >= 0.3 is 5.97 Å². The van der Waals surface area contributed by atoms with Crippen LogP contribution in [0, 0.1) is 0 Å². The molecule has 3 N–H and O–H groups in total.